The maximum Gasteiger partial charge on any atom is 0.125 e. The van der Waals surface area contributed by atoms with Gasteiger partial charge in [0.15, 0.2) is 0 Å². The van der Waals surface area contributed by atoms with Gasteiger partial charge in [-0.2, -0.15) is 0 Å². The predicted octanol–water partition coefficient (Wildman–Crippen LogP) is 2.26. The molecule has 19 heavy (non-hydrogen) atoms. The summed E-state index contributed by atoms with van der Waals surface area (Å²) < 4.78 is 5.38. The number of anilines is 1. The Hall–Kier alpha value is -1.26. The third-order valence-electron chi connectivity index (χ3n) is 3.53. The first-order valence-corrected chi connectivity index (χ1v) is 6.93. The molecular weight excluding hydrogens is 240 g/mol. The van der Waals surface area contributed by atoms with Gasteiger partial charge in [-0.15, -0.1) is 0 Å². The van der Waals surface area contributed by atoms with Gasteiger partial charge >= 0.3 is 0 Å². The van der Waals surface area contributed by atoms with Crippen LogP contribution in [0, 0.1) is 0 Å². The van der Waals surface area contributed by atoms with Gasteiger partial charge in [0.25, 0.3) is 0 Å². The number of nitrogens with zero attached hydrogens (tertiary/aromatic N) is 1. The Morgan fingerprint density at radius 2 is 2.00 bits per heavy atom. The Bertz CT molecular complexity index is 378. The molecule has 0 aliphatic heterocycles. The van der Waals surface area contributed by atoms with Crippen molar-refractivity contribution in [1.29, 1.82) is 0 Å². The molecule has 0 fully saturated rings. The molecular formula is C15H26N2O2. The Labute approximate surface area is 116 Å². The number of benzene rings is 1. The fourth-order valence-corrected chi connectivity index (χ4v) is 2.43. The van der Waals surface area contributed by atoms with E-state index in [9.17, 15) is 5.11 Å². The highest BCUT2D eigenvalue weighted by atomic mass is 16.5. The molecule has 0 saturated heterocycles. The first-order valence-electron chi connectivity index (χ1n) is 6.93. The molecule has 1 aromatic carbocycles. The molecule has 0 atom stereocenters. The SMILES string of the molecule is CCC(CC)N(CCO)Cc1ccc(N)cc1OC. The molecule has 0 unspecified atom stereocenters. The van der Waals surface area contributed by atoms with Crippen molar-refractivity contribution in [2.45, 2.75) is 39.3 Å². The molecule has 4 heteroatoms. The second kappa shape index (κ2) is 8.02. The van der Waals surface area contributed by atoms with Crippen LogP contribution in [-0.4, -0.2) is 36.3 Å². The van der Waals surface area contributed by atoms with E-state index >= 15 is 0 Å². The van der Waals surface area contributed by atoms with E-state index in [4.69, 9.17) is 10.5 Å². The fourth-order valence-electron chi connectivity index (χ4n) is 2.43. The summed E-state index contributed by atoms with van der Waals surface area (Å²) in [6.45, 7) is 5.99. The molecule has 0 spiro atoms. The molecule has 0 amide bonds. The number of methoxy groups -OCH3 is 1. The quantitative estimate of drug-likeness (QED) is 0.709. The van der Waals surface area contributed by atoms with E-state index in [1.165, 1.54) is 0 Å². The van der Waals surface area contributed by atoms with Gasteiger partial charge in [0.2, 0.25) is 0 Å². The topological polar surface area (TPSA) is 58.7 Å². The summed E-state index contributed by atoms with van der Waals surface area (Å²) in [6, 6.07) is 6.22. The molecule has 0 bridgehead atoms. The van der Waals surface area contributed by atoms with Gasteiger partial charge in [-0.05, 0) is 18.9 Å². The number of ether oxygens (including phenoxy) is 1. The van der Waals surface area contributed by atoms with Crippen LogP contribution in [0.4, 0.5) is 5.69 Å². The van der Waals surface area contributed by atoms with E-state index in [-0.39, 0.29) is 6.61 Å². The lowest BCUT2D eigenvalue weighted by atomic mass is 10.1. The van der Waals surface area contributed by atoms with Gasteiger partial charge in [-0.25, -0.2) is 0 Å². The molecule has 0 aromatic heterocycles. The lowest BCUT2D eigenvalue weighted by Gasteiger charge is -2.30. The van der Waals surface area contributed by atoms with Crippen LogP contribution in [-0.2, 0) is 6.54 Å². The van der Waals surface area contributed by atoms with Gasteiger partial charge in [0.1, 0.15) is 5.75 Å². The molecule has 4 nitrogen and oxygen atoms in total. The number of nitrogens with two attached hydrogens (primary N) is 1. The predicted molar refractivity (Wildman–Crippen MR) is 79.3 cm³/mol. The van der Waals surface area contributed by atoms with E-state index in [1.54, 1.807) is 7.11 Å². The summed E-state index contributed by atoms with van der Waals surface area (Å²) in [5.41, 5.74) is 7.58. The number of aliphatic hydroxyl groups is 1. The Balaban J connectivity index is 2.89. The highest BCUT2D eigenvalue weighted by Crippen LogP contribution is 2.24. The van der Waals surface area contributed by atoms with Gasteiger partial charge in [0, 0.05) is 36.4 Å². The zero-order chi connectivity index (χ0) is 14.3. The van der Waals surface area contributed by atoms with Crippen molar-refractivity contribution in [3.05, 3.63) is 23.8 Å². The van der Waals surface area contributed by atoms with Crippen LogP contribution in [0.2, 0.25) is 0 Å². The van der Waals surface area contributed by atoms with E-state index in [1.807, 2.05) is 18.2 Å². The average Bonchev–Trinajstić information content (AvgIpc) is 2.42. The zero-order valence-electron chi connectivity index (χ0n) is 12.2. The third-order valence-corrected chi connectivity index (χ3v) is 3.53. The summed E-state index contributed by atoms with van der Waals surface area (Å²) in [5.74, 6) is 0.814. The number of aliphatic hydroxyl groups excluding tert-OH is 1. The zero-order valence-corrected chi connectivity index (χ0v) is 12.2. The standard InChI is InChI=1S/C15H26N2O2/c1-4-14(5-2)17(8-9-18)11-12-6-7-13(16)10-15(12)19-3/h6-7,10,14,18H,4-5,8-9,11,16H2,1-3H3. The first-order chi connectivity index (χ1) is 9.15. The summed E-state index contributed by atoms with van der Waals surface area (Å²) in [6.07, 6.45) is 2.15. The highest BCUT2D eigenvalue weighted by Gasteiger charge is 2.16. The van der Waals surface area contributed by atoms with Crippen LogP contribution in [0.5, 0.6) is 5.75 Å². The van der Waals surface area contributed by atoms with Gasteiger partial charge in [0.05, 0.1) is 13.7 Å². The number of hydrogen-bond donors (Lipinski definition) is 2. The van der Waals surface area contributed by atoms with Crippen LogP contribution in [0.25, 0.3) is 0 Å². The second-order valence-corrected chi connectivity index (χ2v) is 4.74. The average molecular weight is 266 g/mol. The van der Waals surface area contributed by atoms with Crippen molar-refractivity contribution < 1.29 is 9.84 Å². The molecule has 108 valence electrons. The molecule has 1 rings (SSSR count). The van der Waals surface area contributed by atoms with Crippen molar-refractivity contribution in [2.24, 2.45) is 0 Å². The Kier molecular flexibility index (Phi) is 6.67. The fraction of sp³-hybridized carbons (Fsp3) is 0.600. The van der Waals surface area contributed by atoms with E-state index in [0.29, 0.717) is 18.3 Å². The first kappa shape index (κ1) is 15.8. The number of nitrogen functional groups attached to an aromatic ring is 1. The van der Waals surface area contributed by atoms with E-state index in [0.717, 1.165) is 30.7 Å². The van der Waals surface area contributed by atoms with Gasteiger partial charge in [-0.3, -0.25) is 4.90 Å². The Morgan fingerprint density at radius 3 is 2.53 bits per heavy atom. The third kappa shape index (κ3) is 4.40. The van der Waals surface area contributed by atoms with Crippen molar-refractivity contribution in [3.8, 4) is 5.75 Å². The summed E-state index contributed by atoms with van der Waals surface area (Å²) in [4.78, 5) is 2.30. The minimum Gasteiger partial charge on any atom is -0.496 e. The largest absolute Gasteiger partial charge is 0.496 e. The lowest BCUT2D eigenvalue weighted by molar-refractivity contribution is 0.135. The lowest BCUT2D eigenvalue weighted by Crippen LogP contribution is -2.36. The van der Waals surface area contributed by atoms with E-state index < -0.39 is 0 Å². The van der Waals surface area contributed by atoms with Crippen LogP contribution in [0.1, 0.15) is 32.3 Å². The molecule has 1 aromatic rings. The van der Waals surface area contributed by atoms with Crippen LogP contribution in [0.15, 0.2) is 18.2 Å². The van der Waals surface area contributed by atoms with Crippen molar-refractivity contribution in [3.63, 3.8) is 0 Å². The maximum atomic E-state index is 9.23. The normalized spacial score (nSPS) is 11.3. The van der Waals surface area contributed by atoms with Crippen LogP contribution < -0.4 is 10.5 Å². The van der Waals surface area contributed by atoms with Crippen molar-refractivity contribution >= 4 is 5.69 Å². The minimum absolute atomic E-state index is 0.174. The van der Waals surface area contributed by atoms with Gasteiger partial charge < -0.3 is 15.6 Å². The Morgan fingerprint density at radius 1 is 1.32 bits per heavy atom. The van der Waals surface area contributed by atoms with Crippen LogP contribution in [0.3, 0.4) is 0 Å². The molecule has 0 saturated carbocycles. The summed E-state index contributed by atoms with van der Waals surface area (Å²) >= 11 is 0. The maximum absolute atomic E-state index is 9.23. The molecule has 0 heterocycles. The highest BCUT2D eigenvalue weighted by molar-refractivity contribution is 5.48. The molecule has 0 aliphatic rings. The molecule has 0 aliphatic carbocycles. The summed E-state index contributed by atoms with van der Waals surface area (Å²) in [7, 11) is 1.66. The van der Waals surface area contributed by atoms with Crippen LogP contribution >= 0.6 is 0 Å². The minimum atomic E-state index is 0.174. The summed E-state index contributed by atoms with van der Waals surface area (Å²) in [5, 5.41) is 9.23. The van der Waals surface area contributed by atoms with Crippen molar-refractivity contribution in [2.75, 3.05) is 26.0 Å². The van der Waals surface area contributed by atoms with Crippen molar-refractivity contribution in [1.82, 2.24) is 4.90 Å². The van der Waals surface area contributed by atoms with E-state index in [2.05, 4.69) is 18.7 Å². The monoisotopic (exact) mass is 266 g/mol. The smallest absolute Gasteiger partial charge is 0.125 e. The second-order valence-electron chi connectivity index (χ2n) is 4.74. The number of rotatable bonds is 8. The number of hydrogen-bond acceptors (Lipinski definition) is 4. The molecule has 0 radical (unpaired) electrons. The van der Waals surface area contributed by atoms with Gasteiger partial charge in [-0.1, -0.05) is 19.9 Å². The molecule has 3 N–H and O–H groups in total.